The molecule has 0 aliphatic carbocycles. The Morgan fingerprint density at radius 2 is 1.56 bits per heavy atom. The molecule has 2 aliphatic rings. The first-order chi connectivity index (χ1) is 19.8. The first kappa shape index (κ1) is 28.9. The largest absolute Gasteiger partial charge is 0.491 e. The second-order valence-corrected chi connectivity index (χ2v) is 10.2. The molecule has 0 aromatic heterocycles. The zero-order valence-corrected chi connectivity index (χ0v) is 22.8. The molecule has 2 heterocycles. The molecule has 3 aromatic carbocycles. The molecule has 2 bridgehead atoms. The second kappa shape index (κ2) is 13.4. The fraction of sp³-hybridized carbons (Fsp3) is 0.387. The Kier molecular flexibility index (Phi) is 9.43. The van der Waals surface area contributed by atoms with Gasteiger partial charge in [0.25, 0.3) is 0 Å². The van der Waals surface area contributed by atoms with E-state index in [0.717, 1.165) is 53.3 Å². The number of amides is 1. The minimum atomic E-state index is -4.42. The summed E-state index contributed by atoms with van der Waals surface area (Å²) in [5, 5.41) is 2.70. The summed E-state index contributed by atoms with van der Waals surface area (Å²) in [7, 11) is 0. The first-order valence-electron chi connectivity index (χ1n) is 13.8. The maximum atomic E-state index is 12.9. The van der Waals surface area contributed by atoms with Crippen molar-refractivity contribution in [2.24, 2.45) is 0 Å². The van der Waals surface area contributed by atoms with Crippen LogP contribution in [0.2, 0.25) is 0 Å². The molecule has 218 valence electrons. The molecule has 5 rings (SSSR count). The lowest BCUT2D eigenvalue weighted by molar-refractivity contribution is -0.137. The molecule has 0 saturated carbocycles. The summed E-state index contributed by atoms with van der Waals surface area (Å²) in [6, 6.07) is 19.0. The van der Waals surface area contributed by atoms with Crippen LogP contribution in [-0.4, -0.2) is 70.0 Å². The number of hydrogen-bond donors (Lipinski definition) is 1. The fourth-order valence-electron chi connectivity index (χ4n) is 5.05. The normalized spacial score (nSPS) is 17.2. The molecule has 10 heteroatoms. The number of ether oxygens (including phenoxy) is 3. The van der Waals surface area contributed by atoms with Crippen LogP contribution >= 0.6 is 0 Å². The Labute approximate surface area is 237 Å². The molecule has 0 unspecified atom stereocenters. The van der Waals surface area contributed by atoms with Gasteiger partial charge >= 0.3 is 6.18 Å². The van der Waals surface area contributed by atoms with E-state index in [-0.39, 0.29) is 12.5 Å². The number of fused-ring (bicyclic) bond motifs is 3. The summed E-state index contributed by atoms with van der Waals surface area (Å²) in [6.07, 6.45) is -3.73. The molecule has 41 heavy (non-hydrogen) atoms. The number of carbonyl (C=O) groups excluding carboxylic acids is 1. The van der Waals surface area contributed by atoms with Crippen molar-refractivity contribution in [1.82, 2.24) is 4.90 Å². The van der Waals surface area contributed by atoms with Crippen LogP contribution in [0, 0.1) is 0 Å². The van der Waals surface area contributed by atoms with Gasteiger partial charge in [0.15, 0.2) is 0 Å². The Balaban J connectivity index is 1.29. The van der Waals surface area contributed by atoms with Crippen molar-refractivity contribution >= 4 is 17.3 Å². The van der Waals surface area contributed by atoms with Crippen molar-refractivity contribution in [3.05, 3.63) is 89.0 Å². The molecular formula is C31H34F3N3O4. The van der Waals surface area contributed by atoms with E-state index in [4.69, 9.17) is 14.2 Å². The molecule has 1 fully saturated rings. The monoisotopic (exact) mass is 569 g/mol. The van der Waals surface area contributed by atoms with E-state index in [9.17, 15) is 18.0 Å². The highest BCUT2D eigenvalue weighted by atomic mass is 19.4. The van der Waals surface area contributed by atoms with E-state index in [2.05, 4.69) is 34.5 Å². The van der Waals surface area contributed by atoms with Crippen LogP contribution in [0.3, 0.4) is 0 Å². The molecule has 1 N–H and O–H groups in total. The molecule has 7 nitrogen and oxygen atoms in total. The molecule has 2 aliphatic heterocycles. The Bertz CT molecular complexity index is 1310. The van der Waals surface area contributed by atoms with Gasteiger partial charge in [0.2, 0.25) is 5.91 Å². The van der Waals surface area contributed by atoms with E-state index in [1.54, 1.807) is 0 Å². The van der Waals surface area contributed by atoms with Gasteiger partial charge in [-0.2, -0.15) is 13.2 Å². The highest BCUT2D eigenvalue weighted by Gasteiger charge is 2.30. The SMILES string of the molecule is O=C(CN1CCOCCOc2ccc(N3CCOCC3)cc2Cc2cccc(c2)C1)Nc1ccc(C(F)(F)F)cc1. The van der Waals surface area contributed by atoms with Crippen molar-refractivity contribution < 1.29 is 32.2 Å². The summed E-state index contributed by atoms with van der Waals surface area (Å²) in [5.74, 6) is 0.532. The Hall–Kier alpha value is -3.60. The number of nitrogens with zero attached hydrogens (tertiary/aromatic N) is 2. The van der Waals surface area contributed by atoms with Crippen LogP contribution in [0.15, 0.2) is 66.7 Å². The predicted molar refractivity (Wildman–Crippen MR) is 150 cm³/mol. The average Bonchev–Trinajstić information content (AvgIpc) is 2.95. The summed E-state index contributed by atoms with van der Waals surface area (Å²) in [5.41, 5.74) is 3.98. The smallest absolute Gasteiger partial charge is 0.416 e. The van der Waals surface area contributed by atoms with Gasteiger partial charge in [-0.15, -0.1) is 0 Å². The van der Waals surface area contributed by atoms with E-state index in [0.29, 0.717) is 58.2 Å². The van der Waals surface area contributed by atoms with E-state index < -0.39 is 11.7 Å². The molecule has 3 aromatic rings. The predicted octanol–water partition coefficient (Wildman–Crippen LogP) is 4.98. The quantitative estimate of drug-likeness (QED) is 0.478. The molecule has 1 amide bonds. The number of halogens is 3. The topological polar surface area (TPSA) is 63.3 Å². The lowest BCUT2D eigenvalue weighted by Crippen LogP contribution is -2.36. The van der Waals surface area contributed by atoms with Crippen molar-refractivity contribution in [3.63, 3.8) is 0 Å². The van der Waals surface area contributed by atoms with Crippen molar-refractivity contribution in [2.75, 3.05) is 69.4 Å². The summed E-state index contributed by atoms with van der Waals surface area (Å²) >= 11 is 0. The summed E-state index contributed by atoms with van der Waals surface area (Å²) in [4.78, 5) is 17.1. The second-order valence-electron chi connectivity index (χ2n) is 10.2. The fourth-order valence-corrected chi connectivity index (χ4v) is 5.05. The Morgan fingerprint density at radius 1 is 0.829 bits per heavy atom. The van der Waals surface area contributed by atoms with Gasteiger partial charge in [-0.25, -0.2) is 0 Å². The summed E-state index contributed by atoms with van der Waals surface area (Å²) < 4.78 is 56.0. The van der Waals surface area contributed by atoms with E-state index in [1.807, 2.05) is 23.1 Å². The highest BCUT2D eigenvalue weighted by Crippen LogP contribution is 2.30. The van der Waals surface area contributed by atoms with Crippen molar-refractivity contribution in [1.29, 1.82) is 0 Å². The minimum Gasteiger partial charge on any atom is -0.491 e. The van der Waals surface area contributed by atoms with Crippen LogP contribution in [0.5, 0.6) is 5.75 Å². The van der Waals surface area contributed by atoms with Gasteiger partial charge in [-0.3, -0.25) is 9.69 Å². The van der Waals surface area contributed by atoms with Crippen LogP contribution in [-0.2, 0) is 33.4 Å². The van der Waals surface area contributed by atoms with Crippen LogP contribution in [0.1, 0.15) is 22.3 Å². The average molecular weight is 570 g/mol. The molecular weight excluding hydrogens is 535 g/mol. The number of benzene rings is 3. The number of nitrogens with one attached hydrogen (secondary N) is 1. The molecule has 0 spiro atoms. The number of alkyl halides is 3. The third kappa shape index (κ3) is 8.22. The van der Waals surface area contributed by atoms with Gasteiger partial charge in [-0.05, 0) is 53.6 Å². The molecule has 0 atom stereocenters. The zero-order valence-electron chi connectivity index (χ0n) is 22.8. The zero-order chi connectivity index (χ0) is 28.7. The van der Waals surface area contributed by atoms with E-state index in [1.165, 1.54) is 12.1 Å². The van der Waals surface area contributed by atoms with Gasteiger partial charge in [-0.1, -0.05) is 24.3 Å². The standard InChI is InChI=1S/C31H34F3N3O4/c32-31(33,34)26-4-6-27(7-5-26)35-30(38)22-36-10-13-40-16-17-41-29-9-8-28(37-11-14-39-15-12-37)20-25(29)19-23-2-1-3-24(18-23)21-36/h1-9,18,20H,10-17,19,21-22H2,(H,35,38). The highest BCUT2D eigenvalue weighted by molar-refractivity contribution is 5.92. The van der Waals surface area contributed by atoms with Gasteiger partial charge in [0.1, 0.15) is 12.4 Å². The van der Waals surface area contributed by atoms with Crippen LogP contribution in [0.4, 0.5) is 24.5 Å². The minimum absolute atomic E-state index is 0.0663. The Morgan fingerprint density at radius 3 is 2.34 bits per heavy atom. The third-order valence-corrected chi connectivity index (χ3v) is 7.11. The lowest BCUT2D eigenvalue weighted by Gasteiger charge is -2.29. The van der Waals surface area contributed by atoms with Gasteiger partial charge < -0.3 is 24.4 Å². The summed E-state index contributed by atoms with van der Waals surface area (Å²) in [6.45, 7) is 5.43. The molecule has 0 radical (unpaired) electrons. The van der Waals surface area contributed by atoms with Gasteiger partial charge in [0, 0.05) is 49.5 Å². The number of anilines is 2. The third-order valence-electron chi connectivity index (χ3n) is 7.11. The van der Waals surface area contributed by atoms with E-state index >= 15 is 0 Å². The maximum Gasteiger partial charge on any atom is 0.416 e. The van der Waals surface area contributed by atoms with Crippen LogP contribution < -0.4 is 15.0 Å². The maximum absolute atomic E-state index is 12.9. The van der Waals surface area contributed by atoms with Crippen LogP contribution in [0.25, 0.3) is 0 Å². The number of hydrogen-bond acceptors (Lipinski definition) is 6. The first-order valence-corrected chi connectivity index (χ1v) is 13.8. The number of carbonyl (C=O) groups is 1. The van der Waals surface area contributed by atoms with Crippen molar-refractivity contribution in [3.8, 4) is 5.75 Å². The lowest BCUT2D eigenvalue weighted by atomic mass is 10.0. The number of morpholine rings is 1. The number of rotatable bonds is 4. The van der Waals surface area contributed by atoms with Gasteiger partial charge in [0.05, 0.1) is 38.5 Å². The molecule has 1 saturated heterocycles. The van der Waals surface area contributed by atoms with Crippen molar-refractivity contribution in [2.45, 2.75) is 19.1 Å².